The van der Waals surface area contributed by atoms with Crippen molar-refractivity contribution in [2.75, 3.05) is 26.2 Å². The molecule has 0 aliphatic carbocycles. The van der Waals surface area contributed by atoms with Crippen LogP contribution in [0, 0.1) is 5.92 Å². The molecule has 6 rings (SSSR count). The van der Waals surface area contributed by atoms with E-state index in [9.17, 15) is 14.4 Å². The summed E-state index contributed by atoms with van der Waals surface area (Å²) >= 11 is 0. The fourth-order valence-electron chi connectivity index (χ4n) is 6.41. The zero-order valence-electron chi connectivity index (χ0n) is 22.3. The minimum Gasteiger partial charge on any atom is -0.340 e. The number of aromatic amines is 1. The predicted octanol–water partition coefficient (Wildman–Crippen LogP) is 3.68. The van der Waals surface area contributed by atoms with Gasteiger partial charge in [0.05, 0.1) is 11.0 Å². The number of nitrogens with zero attached hydrogens (tertiary/aromatic N) is 2. The topological polar surface area (TPSA) is 99.2 Å². The van der Waals surface area contributed by atoms with Crippen LogP contribution in [0.1, 0.15) is 44.2 Å². The average Bonchev–Trinajstić information content (AvgIpc) is 3.32. The largest absolute Gasteiger partial charge is 0.340 e. The quantitative estimate of drug-likeness (QED) is 0.370. The van der Waals surface area contributed by atoms with E-state index in [2.05, 4.69) is 15.6 Å². The summed E-state index contributed by atoms with van der Waals surface area (Å²) in [6.45, 7) is 4.49. The Balaban J connectivity index is 1.30. The molecule has 2 fully saturated rings. The third-order valence-corrected chi connectivity index (χ3v) is 8.58. The molecule has 4 aromatic rings. The van der Waals surface area contributed by atoms with Gasteiger partial charge in [-0.15, -0.1) is 0 Å². The van der Waals surface area contributed by atoms with E-state index in [0.717, 1.165) is 53.3 Å². The molecule has 2 aliphatic rings. The van der Waals surface area contributed by atoms with Gasteiger partial charge >= 0.3 is 5.69 Å². The minimum atomic E-state index is -1.22. The zero-order chi connectivity index (χ0) is 27.0. The molecule has 1 aromatic heterocycles. The fourth-order valence-corrected chi connectivity index (χ4v) is 6.41. The van der Waals surface area contributed by atoms with Crippen LogP contribution >= 0.6 is 0 Å². The molecular formula is C31H35N5O3. The molecule has 3 heterocycles. The lowest BCUT2D eigenvalue weighted by Crippen LogP contribution is -2.58. The van der Waals surface area contributed by atoms with E-state index in [1.807, 2.05) is 83.1 Å². The minimum absolute atomic E-state index is 0.00541. The Morgan fingerprint density at radius 2 is 1.59 bits per heavy atom. The Morgan fingerprint density at radius 3 is 2.38 bits per heavy atom. The van der Waals surface area contributed by atoms with Crippen molar-refractivity contribution in [1.82, 2.24) is 25.1 Å². The Morgan fingerprint density at radius 1 is 0.897 bits per heavy atom. The monoisotopic (exact) mass is 525 g/mol. The van der Waals surface area contributed by atoms with Gasteiger partial charge in [0.15, 0.2) is 0 Å². The third-order valence-electron chi connectivity index (χ3n) is 8.58. The molecule has 3 aromatic carbocycles. The molecule has 8 nitrogen and oxygen atoms in total. The lowest BCUT2D eigenvalue weighted by molar-refractivity contribution is -0.144. The van der Waals surface area contributed by atoms with Crippen LogP contribution < -0.4 is 16.3 Å². The first-order chi connectivity index (χ1) is 19.0. The number of fused-ring (bicyclic) bond motifs is 2. The van der Waals surface area contributed by atoms with E-state index in [-0.39, 0.29) is 29.5 Å². The van der Waals surface area contributed by atoms with Crippen molar-refractivity contribution in [3.63, 3.8) is 0 Å². The summed E-state index contributed by atoms with van der Waals surface area (Å²) in [5.74, 6) is -0.292. The molecule has 8 heteroatoms. The van der Waals surface area contributed by atoms with E-state index in [0.29, 0.717) is 25.9 Å². The van der Waals surface area contributed by atoms with Crippen LogP contribution in [0.15, 0.2) is 71.5 Å². The molecule has 39 heavy (non-hydrogen) atoms. The van der Waals surface area contributed by atoms with Crippen LogP contribution in [-0.4, -0.2) is 52.4 Å². The number of imidazole rings is 1. The molecule has 0 bridgehead atoms. The van der Waals surface area contributed by atoms with Gasteiger partial charge in [0, 0.05) is 25.0 Å². The molecule has 0 saturated carbocycles. The average molecular weight is 526 g/mol. The van der Waals surface area contributed by atoms with Crippen molar-refractivity contribution in [2.24, 2.45) is 5.92 Å². The second-order valence-electron chi connectivity index (χ2n) is 11.0. The summed E-state index contributed by atoms with van der Waals surface area (Å²) in [7, 11) is 0. The van der Waals surface area contributed by atoms with Gasteiger partial charge in [-0.1, -0.05) is 54.6 Å². The number of likely N-dealkylation sites (tertiary alicyclic amines) is 1. The normalized spacial score (nSPS) is 18.7. The van der Waals surface area contributed by atoms with Crippen LogP contribution in [0.5, 0.6) is 0 Å². The van der Waals surface area contributed by atoms with Gasteiger partial charge in [0.1, 0.15) is 5.54 Å². The van der Waals surface area contributed by atoms with Gasteiger partial charge in [-0.25, -0.2) is 4.79 Å². The highest BCUT2D eigenvalue weighted by Crippen LogP contribution is 2.34. The lowest BCUT2D eigenvalue weighted by atomic mass is 9.84. The first kappa shape index (κ1) is 25.4. The maximum atomic E-state index is 14.4. The molecule has 0 spiro atoms. The maximum Gasteiger partial charge on any atom is 0.326 e. The number of para-hydroxylation sites is 2. The van der Waals surface area contributed by atoms with Crippen molar-refractivity contribution in [2.45, 2.75) is 44.2 Å². The molecule has 202 valence electrons. The third kappa shape index (κ3) is 4.63. The summed E-state index contributed by atoms with van der Waals surface area (Å²) in [5, 5.41) is 8.52. The highest BCUT2D eigenvalue weighted by atomic mass is 16.2. The summed E-state index contributed by atoms with van der Waals surface area (Å²) in [6, 6.07) is 21.7. The molecule has 0 radical (unpaired) electrons. The molecule has 2 saturated heterocycles. The summed E-state index contributed by atoms with van der Waals surface area (Å²) in [4.78, 5) is 45.5. The number of hydrogen-bond acceptors (Lipinski definition) is 4. The van der Waals surface area contributed by atoms with Crippen molar-refractivity contribution in [3.05, 3.63) is 82.8 Å². The first-order valence-electron chi connectivity index (χ1n) is 14.0. The van der Waals surface area contributed by atoms with Crippen LogP contribution in [0.3, 0.4) is 0 Å². The van der Waals surface area contributed by atoms with Gasteiger partial charge in [0.2, 0.25) is 5.91 Å². The Kier molecular flexibility index (Phi) is 6.73. The van der Waals surface area contributed by atoms with Crippen molar-refractivity contribution < 1.29 is 9.59 Å². The highest BCUT2D eigenvalue weighted by Gasteiger charge is 2.43. The number of rotatable bonds is 5. The second kappa shape index (κ2) is 10.3. The Labute approximate surface area is 227 Å². The van der Waals surface area contributed by atoms with Crippen LogP contribution in [0.4, 0.5) is 0 Å². The zero-order valence-corrected chi connectivity index (χ0v) is 22.3. The molecule has 0 unspecified atom stereocenters. The standard InChI is InChI=1S/C31H35N5O3/c1-31(34-28(37)22-13-17-32-18-14-22,25-10-6-8-21-7-2-3-9-24(21)25)29(38)35-19-15-23(16-20-35)36-27-12-5-4-11-26(27)33-30(36)39/h2-12,22-23,32H,13-20H2,1H3,(H,33,39)(H,34,37)/t31-/m1/s1. The van der Waals surface area contributed by atoms with Gasteiger partial charge in [-0.3, -0.25) is 14.2 Å². The SMILES string of the molecule is C[C@](NC(=O)C1CCNCC1)(C(=O)N1CCC(n2c(=O)[nH]c3ccccc32)CC1)c1cccc2ccccc12. The fraction of sp³-hybridized carbons (Fsp3) is 0.387. The molecule has 1 atom stereocenters. The van der Waals surface area contributed by atoms with Gasteiger partial charge in [-0.05, 0) is 74.2 Å². The van der Waals surface area contributed by atoms with Crippen LogP contribution in [0.2, 0.25) is 0 Å². The first-order valence-corrected chi connectivity index (χ1v) is 14.0. The highest BCUT2D eigenvalue weighted by molar-refractivity contribution is 5.98. The van der Waals surface area contributed by atoms with E-state index in [4.69, 9.17) is 0 Å². The number of amides is 2. The van der Waals surface area contributed by atoms with Gasteiger partial charge in [-0.2, -0.15) is 0 Å². The number of hydrogen-bond donors (Lipinski definition) is 3. The number of H-pyrrole nitrogens is 1. The number of benzene rings is 3. The second-order valence-corrected chi connectivity index (χ2v) is 11.0. The number of carbonyl (C=O) groups is 2. The van der Waals surface area contributed by atoms with Crippen LogP contribution in [-0.2, 0) is 15.1 Å². The molecular weight excluding hydrogens is 490 g/mol. The summed E-state index contributed by atoms with van der Waals surface area (Å²) in [5.41, 5.74) is 1.19. The number of nitrogens with one attached hydrogen (secondary N) is 3. The van der Waals surface area contributed by atoms with E-state index in [1.54, 1.807) is 0 Å². The molecule has 2 amide bonds. The van der Waals surface area contributed by atoms with Crippen molar-refractivity contribution in [1.29, 1.82) is 0 Å². The lowest BCUT2D eigenvalue weighted by Gasteiger charge is -2.40. The van der Waals surface area contributed by atoms with Gasteiger partial charge < -0.3 is 20.5 Å². The van der Waals surface area contributed by atoms with Gasteiger partial charge in [0.25, 0.3) is 5.91 Å². The summed E-state index contributed by atoms with van der Waals surface area (Å²) < 4.78 is 1.83. The number of carbonyl (C=O) groups excluding carboxylic acids is 2. The Hall–Kier alpha value is -3.91. The van der Waals surface area contributed by atoms with E-state index < -0.39 is 5.54 Å². The summed E-state index contributed by atoms with van der Waals surface area (Å²) in [6.07, 6.45) is 2.86. The molecule has 3 N–H and O–H groups in total. The van der Waals surface area contributed by atoms with Crippen molar-refractivity contribution >= 4 is 33.6 Å². The smallest absolute Gasteiger partial charge is 0.326 e. The Bertz CT molecular complexity index is 1570. The van der Waals surface area contributed by atoms with Crippen LogP contribution in [0.25, 0.3) is 21.8 Å². The number of piperidine rings is 2. The number of aromatic nitrogens is 2. The predicted molar refractivity (Wildman–Crippen MR) is 152 cm³/mol. The maximum absolute atomic E-state index is 14.4. The van der Waals surface area contributed by atoms with E-state index in [1.165, 1.54) is 0 Å². The molecule has 2 aliphatic heterocycles. The van der Waals surface area contributed by atoms with Crippen molar-refractivity contribution in [3.8, 4) is 0 Å². The van der Waals surface area contributed by atoms with E-state index >= 15 is 0 Å².